The van der Waals surface area contributed by atoms with E-state index in [2.05, 4.69) is 11.4 Å². The van der Waals surface area contributed by atoms with Crippen LogP contribution in [0, 0.1) is 5.92 Å². The zero-order valence-corrected chi connectivity index (χ0v) is 13.0. The average Bonchev–Trinajstić information content (AvgIpc) is 3.04. The molecule has 1 fully saturated rings. The average molecular weight is 312 g/mol. The summed E-state index contributed by atoms with van der Waals surface area (Å²) in [5, 5.41) is 4.26. The summed E-state index contributed by atoms with van der Waals surface area (Å²) < 4.78 is 0. The zero-order chi connectivity index (χ0) is 15.1. The Morgan fingerprint density at radius 2 is 1.91 bits per heavy atom. The van der Waals surface area contributed by atoms with Crippen molar-refractivity contribution < 1.29 is 4.79 Å². The first-order valence-electron chi connectivity index (χ1n) is 7.89. The van der Waals surface area contributed by atoms with Crippen molar-refractivity contribution in [1.82, 2.24) is 0 Å². The van der Waals surface area contributed by atoms with Gasteiger partial charge in [0, 0.05) is 16.3 Å². The van der Waals surface area contributed by atoms with Gasteiger partial charge in [0.15, 0.2) is 5.78 Å². The Kier molecular flexibility index (Phi) is 3.42. The number of rotatable bonds is 2. The highest BCUT2D eigenvalue weighted by atomic mass is 35.5. The summed E-state index contributed by atoms with van der Waals surface area (Å²) in [5.74, 6) is 1.03. The van der Waals surface area contributed by atoms with Crippen molar-refractivity contribution in [2.45, 2.75) is 31.2 Å². The molecule has 2 aromatic rings. The molecule has 1 aliphatic carbocycles. The number of hydrogen-bond acceptors (Lipinski definition) is 2. The van der Waals surface area contributed by atoms with Crippen LogP contribution in [0.3, 0.4) is 0 Å². The number of ketones is 1. The van der Waals surface area contributed by atoms with Crippen molar-refractivity contribution in [2.24, 2.45) is 5.92 Å². The number of Topliss-reactive ketones (excluding diaryl/α,β-unsaturated/α-hetero) is 1. The zero-order valence-electron chi connectivity index (χ0n) is 12.3. The minimum Gasteiger partial charge on any atom is -0.374 e. The molecule has 2 aromatic carbocycles. The van der Waals surface area contributed by atoms with Gasteiger partial charge >= 0.3 is 0 Å². The molecule has 0 radical (unpaired) electrons. The van der Waals surface area contributed by atoms with E-state index in [4.69, 9.17) is 11.6 Å². The van der Waals surface area contributed by atoms with Crippen molar-refractivity contribution in [3.63, 3.8) is 0 Å². The van der Waals surface area contributed by atoms with Gasteiger partial charge in [-0.05, 0) is 48.4 Å². The van der Waals surface area contributed by atoms with E-state index in [0.717, 1.165) is 29.1 Å². The van der Waals surface area contributed by atoms with E-state index in [-0.39, 0.29) is 11.8 Å². The lowest BCUT2D eigenvalue weighted by Crippen LogP contribution is -2.41. The Hall–Kier alpha value is -1.80. The Bertz CT molecular complexity index is 713. The fourth-order valence-corrected chi connectivity index (χ4v) is 4.24. The number of carbonyl (C=O) groups excluding carboxylic acids is 1. The molecule has 0 unspecified atom stereocenters. The van der Waals surface area contributed by atoms with Gasteiger partial charge in [0.1, 0.15) is 0 Å². The van der Waals surface area contributed by atoms with Gasteiger partial charge in [-0.15, -0.1) is 0 Å². The highest BCUT2D eigenvalue weighted by Gasteiger charge is 2.42. The van der Waals surface area contributed by atoms with Crippen molar-refractivity contribution in [3.8, 4) is 0 Å². The molecule has 1 saturated carbocycles. The largest absolute Gasteiger partial charge is 0.374 e. The van der Waals surface area contributed by atoms with Crippen LogP contribution in [0.5, 0.6) is 0 Å². The van der Waals surface area contributed by atoms with E-state index >= 15 is 0 Å². The van der Waals surface area contributed by atoms with Crippen LogP contribution >= 0.6 is 11.6 Å². The molecule has 3 heteroatoms. The Labute approximate surface area is 135 Å². The summed E-state index contributed by atoms with van der Waals surface area (Å²) in [6.45, 7) is 0. The normalized spacial score (nSPS) is 26.0. The van der Waals surface area contributed by atoms with Crippen molar-refractivity contribution in [3.05, 3.63) is 64.7 Å². The molecule has 112 valence electrons. The Morgan fingerprint density at radius 3 is 2.73 bits per heavy atom. The smallest absolute Gasteiger partial charge is 0.185 e. The monoisotopic (exact) mass is 311 g/mol. The molecule has 0 saturated heterocycles. The van der Waals surface area contributed by atoms with E-state index < -0.39 is 0 Å². The number of hydrogen-bond donors (Lipinski definition) is 1. The summed E-state index contributed by atoms with van der Waals surface area (Å²) in [6.07, 6.45) is 3.44. The highest BCUT2D eigenvalue weighted by Crippen LogP contribution is 2.49. The molecular weight excluding hydrogens is 294 g/mol. The maximum Gasteiger partial charge on any atom is 0.185 e. The third-order valence-electron chi connectivity index (χ3n) is 5.06. The second-order valence-electron chi connectivity index (χ2n) is 6.29. The second kappa shape index (κ2) is 5.44. The van der Waals surface area contributed by atoms with Gasteiger partial charge in [-0.3, -0.25) is 4.79 Å². The number of carbonyl (C=O) groups is 1. The topological polar surface area (TPSA) is 29.1 Å². The van der Waals surface area contributed by atoms with Crippen LogP contribution in [0.25, 0.3) is 0 Å². The van der Waals surface area contributed by atoms with E-state index in [0.29, 0.717) is 11.8 Å². The first kappa shape index (κ1) is 13.8. The number of benzene rings is 2. The van der Waals surface area contributed by atoms with Crippen LogP contribution < -0.4 is 5.32 Å². The van der Waals surface area contributed by atoms with Gasteiger partial charge in [-0.25, -0.2) is 0 Å². The molecular formula is C19H18ClNO. The number of fused-ring (bicyclic) bond motifs is 3. The first-order chi connectivity index (χ1) is 10.7. The predicted molar refractivity (Wildman–Crippen MR) is 89.7 cm³/mol. The fraction of sp³-hybridized carbons (Fsp3) is 0.316. The van der Waals surface area contributed by atoms with Gasteiger partial charge in [-0.2, -0.15) is 0 Å². The van der Waals surface area contributed by atoms with Gasteiger partial charge in [0.2, 0.25) is 0 Å². The molecule has 1 aliphatic heterocycles. The molecule has 22 heavy (non-hydrogen) atoms. The molecule has 0 aromatic heterocycles. The lowest BCUT2D eigenvalue weighted by molar-refractivity contribution is 0.0936. The molecule has 0 amide bonds. The molecule has 1 heterocycles. The van der Waals surface area contributed by atoms with Crippen LogP contribution in [0.15, 0.2) is 48.5 Å². The van der Waals surface area contributed by atoms with E-state index in [1.807, 2.05) is 42.5 Å². The third-order valence-corrected chi connectivity index (χ3v) is 5.30. The molecule has 4 rings (SSSR count). The maximum absolute atomic E-state index is 12.9. The number of nitrogens with one attached hydrogen (secondary N) is 1. The quantitative estimate of drug-likeness (QED) is 0.799. The molecule has 3 atom stereocenters. The van der Waals surface area contributed by atoms with Crippen LogP contribution in [0.2, 0.25) is 5.02 Å². The van der Waals surface area contributed by atoms with Gasteiger partial charge in [0.05, 0.1) is 6.04 Å². The van der Waals surface area contributed by atoms with Crippen molar-refractivity contribution in [2.75, 3.05) is 5.32 Å². The van der Waals surface area contributed by atoms with Crippen molar-refractivity contribution in [1.29, 1.82) is 0 Å². The van der Waals surface area contributed by atoms with Gasteiger partial charge in [0.25, 0.3) is 0 Å². The second-order valence-corrected chi connectivity index (χ2v) is 6.72. The third kappa shape index (κ3) is 2.22. The summed E-state index contributed by atoms with van der Waals surface area (Å²) in [4.78, 5) is 12.9. The minimum absolute atomic E-state index is 0.122. The Balaban J connectivity index is 1.73. The van der Waals surface area contributed by atoms with E-state index in [1.165, 1.54) is 12.0 Å². The van der Waals surface area contributed by atoms with Gasteiger partial charge in [-0.1, -0.05) is 48.4 Å². The van der Waals surface area contributed by atoms with Crippen molar-refractivity contribution >= 4 is 23.1 Å². The standard InChI is InChI=1S/C19H18ClNO/c20-13-9-10-17-16(11-13)14-7-4-8-15(14)18(21-17)19(22)12-5-2-1-3-6-12/h1-3,5-6,9-11,14-15,18,21H,4,7-8H2/t14-,15+,18+/m0/s1. The van der Waals surface area contributed by atoms with Crippen LogP contribution in [0.1, 0.15) is 41.1 Å². The number of anilines is 1. The molecule has 0 spiro atoms. The minimum atomic E-state index is -0.122. The lowest BCUT2D eigenvalue weighted by atomic mass is 9.77. The summed E-state index contributed by atoms with van der Waals surface area (Å²) >= 11 is 6.17. The first-order valence-corrected chi connectivity index (χ1v) is 8.27. The van der Waals surface area contributed by atoms with E-state index in [1.54, 1.807) is 0 Å². The lowest BCUT2D eigenvalue weighted by Gasteiger charge is -2.36. The predicted octanol–water partition coefficient (Wildman–Crippen LogP) is 4.90. The van der Waals surface area contributed by atoms with Crippen LogP contribution in [0.4, 0.5) is 5.69 Å². The van der Waals surface area contributed by atoms with Crippen LogP contribution in [-0.2, 0) is 0 Å². The van der Waals surface area contributed by atoms with E-state index in [9.17, 15) is 4.79 Å². The summed E-state index contributed by atoms with van der Waals surface area (Å²) in [7, 11) is 0. The highest BCUT2D eigenvalue weighted by molar-refractivity contribution is 6.30. The van der Waals surface area contributed by atoms with Gasteiger partial charge < -0.3 is 5.32 Å². The van der Waals surface area contributed by atoms with Crippen LogP contribution in [-0.4, -0.2) is 11.8 Å². The maximum atomic E-state index is 12.9. The fourth-order valence-electron chi connectivity index (χ4n) is 4.06. The Morgan fingerprint density at radius 1 is 1.09 bits per heavy atom. The SMILES string of the molecule is O=C(c1ccccc1)[C@@H]1Nc2ccc(Cl)cc2[C@H]2CCC[C@H]21. The summed E-state index contributed by atoms with van der Waals surface area (Å²) in [6, 6.07) is 15.5. The molecule has 2 aliphatic rings. The molecule has 2 nitrogen and oxygen atoms in total. The number of halogens is 1. The molecule has 1 N–H and O–H groups in total. The summed E-state index contributed by atoms with van der Waals surface area (Å²) in [5.41, 5.74) is 3.15. The molecule has 0 bridgehead atoms.